The van der Waals surface area contributed by atoms with Gasteiger partial charge in [0.05, 0.1) is 0 Å². The summed E-state index contributed by atoms with van der Waals surface area (Å²) in [7, 11) is -4.65. The summed E-state index contributed by atoms with van der Waals surface area (Å²) < 4.78 is 48.6. The first-order valence-electron chi connectivity index (χ1n) is 4.93. The molecule has 1 aliphatic rings. The summed E-state index contributed by atoms with van der Waals surface area (Å²) in [5.74, 6) is -2.77. The molecule has 0 amide bonds. The molecule has 1 saturated carbocycles. The summed E-state index contributed by atoms with van der Waals surface area (Å²) >= 11 is 0. The molecule has 0 N–H and O–H groups in total. The van der Waals surface area contributed by atoms with Crippen LogP contribution in [0.4, 0.5) is 8.78 Å². The number of nitrogens with zero attached hydrogens (tertiary/aromatic N) is 3. The summed E-state index contributed by atoms with van der Waals surface area (Å²) in [6, 6.07) is 0. The molecule has 0 aromatic carbocycles. The van der Waals surface area contributed by atoms with Crippen LogP contribution in [0.25, 0.3) is 0 Å². The molecule has 0 unspecified atom stereocenters. The molecule has 0 atom stereocenters. The summed E-state index contributed by atoms with van der Waals surface area (Å²) in [5, 5.41) is 6.47. The maximum atomic E-state index is 12.4. The van der Waals surface area contributed by atoms with Crippen LogP contribution in [0.1, 0.15) is 31.5 Å². The van der Waals surface area contributed by atoms with E-state index >= 15 is 0 Å². The molecule has 0 bridgehead atoms. The Hall–Kier alpha value is -1.05. The lowest BCUT2D eigenvalue weighted by atomic mass is 10.4. The topological polar surface area (TPSA) is 64.8 Å². The maximum Gasteiger partial charge on any atom is 0.344 e. The van der Waals surface area contributed by atoms with E-state index in [4.69, 9.17) is 0 Å². The molecule has 1 heterocycles. The van der Waals surface area contributed by atoms with Crippen LogP contribution >= 0.6 is 0 Å². The van der Waals surface area contributed by atoms with Gasteiger partial charge in [0, 0.05) is 12.5 Å². The Morgan fingerprint density at radius 1 is 1.44 bits per heavy atom. The minimum Gasteiger partial charge on any atom is -0.302 e. The van der Waals surface area contributed by atoms with Crippen LogP contribution in [0.15, 0.2) is 5.16 Å². The number of aromatic nitrogens is 3. The average molecular weight is 251 g/mol. The SMILES string of the molecule is CCn1c(C2CC2)nnc1S(=O)(=O)C(F)F. The van der Waals surface area contributed by atoms with Crippen LogP contribution in [0.2, 0.25) is 0 Å². The van der Waals surface area contributed by atoms with Gasteiger partial charge in [-0.05, 0) is 19.8 Å². The summed E-state index contributed by atoms with van der Waals surface area (Å²) in [6.45, 7) is 1.96. The molecule has 8 heteroatoms. The predicted molar refractivity (Wildman–Crippen MR) is 50.9 cm³/mol. The Morgan fingerprint density at radius 3 is 2.50 bits per heavy atom. The van der Waals surface area contributed by atoms with Gasteiger partial charge < -0.3 is 4.57 Å². The van der Waals surface area contributed by atoms with Gasteiger partial charge in [0.2, 0.25) is 0 Å². The van der Waals surface area contributed by atoms with Crippen molar-refractivity contribution in [2.75, 3.05) is 0 Å². The van der Waals surface area contributed by atoms with Crippen LogP contribution in [0, 0.1) is 0 Å². The van der Waals surface area contributed by atoms with E-state index < -0.39 is 20.8 Å². The number of rotatable bonds is 4. The van der Waals surface area contributed by atoms with Crippen LogP contribution in [-0.4, -0.2) is 28.9 Å². The predicted octanol–water partition coefficient (Wildman–Crippen LogP) is 1.17. The van der Waals surface area contributed by atoms with Crippen molar-refractivity contribution in [3.05, 3.63) is 5.82 Å². The fourth-order valence-corrected chi connectivity index (χ4v) is 2.37. The lowest BCUT2D eigenvalue weighted by Gasteiger charge is -2.06. The molecule has 90 valence electrons. The Labute approximate surface area is 91.4 Å². The Kier molecular flexibility index (Phi) is 2.69. The first-order chi connectivity index (χ1) is 7.48. The van der Waals surface area contributed by atoms with Crippen molar-refractivity contribution in [1.82, 2.24) is 14.8 Å². The molecular formula is C8H11F2N3O2S. The number of sulfone groups is 1. The smallest absolute Gasteiger partial charge is 0.302 e. The van der Waals surface area contributed by atoms with Crippen LogP contribution in [0.5, 0.6) is 0 Å². The normalized spacial score (nSPS) is 17.0. The van der Waals surface area contributed by atoms with Gasteiger partial charge in [-0.1, -0.05) is 0 Å². The van der Waals surface area contributed by atoms with Gasteiger partial charge in [0.15, 0.2) is 0 Å². The van der Waals surface area contributed by atoms with Crippen molar-refractivity contribution in [3.63, 3.8) is 0 Å². The second kappa shape index (κ2) is 3.76. The third kappa shape index (κ3) is 1.70. The Morgan fingerprint density at radius 2 is 2.06 bits per heavy atom. The number of halogens is 2. The molecular weight excluding hydrogens is 240 g/mol. The number of hydrogen-bond acceptors (Lipinski definition) is 4. The van der Waals surface area contributed by atoms with E-state index in [1.54, 1.807) is 6.92 Å². The fourth-order valence-electron chi connectivity index (χ4n) is 1.53. The molecule has 1 fully saturated rings. The van der Waals surface area contributed by atoms with Crippen molar-refractivity contribution in [2.45, 2.75) is 43.1 Å². The van der Waals surface area contributed by atoms with Crippen LogP contribution in [-0.2, 0) is 16.4 Å². The van der Waals surface area contributed by atoms with Gasteiger partial charge in [0.25, 0.3) is 15.0 Å². The zero-order chi connectivity index (χ0) is 11.9. The van der Waals surface area contributed by atoms with Crippen molar-refractivity contribution in [3.8, 4) is 0 Å². The zero-order valence-electron chi connectivity index (χ0n) is 8.60. The maximum absolute atomic E-state index is 12.4. The molecule has 1 aliphatic carbocycles. The third-order valence-corrected chi connectivity index (χ3v) is 3.77. The van der Waals surface area contributed by atoms with Gasteiger partial charge in [-0.2, -0.15) is 8.78 Å². The highest BCUT2D eigenvalue weighted by molar-refractivity contribution is 7.91. The molecule has 0 aliphatic heterocycles. The third-order valence-electron chi connectivity index (χ3n) is 2.49. The molecule has 0 spiro atoms. The average Bonchev–Trinajstić information content (AvgIpc) is 2.96. The van der Waals surface area contributed by atoms with E-state index in [1.165, 1.54) is 4.57 Å². The van der Waals surface area contributed by atoms with Crippen LogP contribution in [0.3, 0.4) is 0 Å². The van der Waals surface area contributed by atoms with E-state index in [-0.39, 0.29) is 12.5 Å². The largest absolute Gasteiger partial charge is 0.344 e. The Balaban J connectivity index is 2.49. The molecule has 5 nitrogen and oxygen atoms in total. The fraction of sp³-hybridized carbons (Fsp3) is 0.750. The second-order valence-electron chi connectivity index (χ2n) is 3.66. The first kappa shape index (κ1) is 11.4. The zero-order valence-corrected chi connectivity index (χ0v) is 9.41. The minimum absolute atomic E-state index is 0.175. The highest BCUT2D eigenvalue weighted by Crippen LogP contribution is 2.39. The highest BCUT2D eigenvalue weighted by atomic mass is 32.2. The molecule has 0 saturated heterocycles. The summed E-state index contributed by atoms with van der Waals surface area (Å²) in [5.41, 5.74) is 0. The van der Waals surface area contributed by atoms with E-state index in [1.807, 2.05) is 0 Å². The number of alkyl halides is 2. The van der Waals surface area contributed by atoms with Crippen molar-refractivity contribution < 1.29 is 17.2 Å². The van der Waals surface area contributed by atoms with Gasteiger partial charge >= 0.3 is 5.76 Å². The van der Waals surface area contributed by atoms with Gasteiger partial charge in [-0.3, -0.25) is 0 Å². The van der Waals surface area contributed by atoms with Crippen molar-refractivity contribution in [1.29, 1.82) is 0 Å². The molecule has 0 radical (unpaired) electrons. The first-order valence-corrected chi connectivity index (χ1v) is 6.48. The van der Waals surface area contributed by atoms with Gasteiger partial charge in [-0.25, -0.2) is 8.42 Å². The van der Waals surface area contributed by atoms with Crippen molar-refractivity contribution in [2.24, 2.45) is 0 Å². The lowest BCUT2D eigenvalue weighted by Crippen LogP contribution is -2.18. The van der Waals surface area contributed by atoms with E-state index in [0.29, 0.717) is 5.82 Å². The summed E-state index contributed by atoms with van der Waals surface area (Å²) in [6.07, 6.45) is 1.82. The lowest BCUT2D eigenvalue weighted by molar-refractivity contribution is 0.233. The van der Waals surface area contributed by atoms with Crippen LogP contribution < -0.4 is 0 Å². The quantitative estimate of drug-likeness (QED) is 0.805. The molecule has 1 aromatic rings. The molecule has 16 heavy (non-hydrogen) atoms. The minimum atomic E-state index is -4.65. The second-order valence-corrected chi connectivity index (χ2v) is 5.48. The van der Waals surface area contributed by atoms with Gasteiger partial charge in [-0.15, -0.1) is 10.2 Å². The van der Waals surface area contributed by atoms with E-state index in [2.05, 4.69) is 10.2 Å². The van der Waals surface area contributed by atoms with E-state index in [0.717, 1.165) is 12.8 Å². The Bertz CT molecular complexity index is 493. The molecule has 2 rings (SSSR count). The highest BCUT2D eigenvalue weighted by Gasteiger charge is 2.36. The van der Waals surface area contributed by atoms with Crippen molar-refractivity contribution >= 4 is 9.84 Å². The molecule has 1 aromatic heterocycles. The van der Waals surface area contributed by atoms with Gasteiger partial charge in [0.1, 0.15) is 5.82 Å². The monoisotopic (exact) mass is 251 g/mol. The van der Waals surface area contributed by atoms with E-state index in [9.17, 15) is 17.2 Å². The number of hydrogen-bond donors (Lipinski definition) is 0. The standard InChI is InChI=1S/C8H11F2N3O2S/c1-2-13-6(5-3-4-5)11-12-8(13)16(14,15)7(9)10/h5,7H,2-4H2,1H3. The summed E-state index contributed by atoms with van der Waals surface area (Å²) in [4.78, 5) is 0.